The maximum absolute atomic E-state index is 12.4. The fraction of sp³-hybridized carbons (Fsp3) is 0.273. The summed E-state index contributed by atoms with van der Waals surface area (Å²) in [4.78, 5) is 10.3. The van der Waals surface area contributed by atoms with Gasteiger partial charge in [-0.1, -0.05) is 6.07 Å². The van der Waals surface area contributed by atoms with Crippen LogP contribution in [0, 0.1) is 18.3 Å². The van der Waals surface area contributed by atoms with Gasteiger partial charge in [0.2, 0.25) is 0 Å². The molecule has 0 atom stereocenters. The average Bonchev–Trinajstić information content (AvgIpc) is 2.21. The Morgan fingerprint density at radius 2 is 2.11 bits per heavy atom. The van der Waals surface area contributed by atoms with Crippen molar-refractivity contribution in [3.8, 4) is 6.07 Å². The molecule has 0 radical (unpaired) electrons. The van der Waals surface area contributed by atoms with Crippen LogP contribution in [0.4, 0.5) is 13.2 Å². The molecule has 1 aromatic rings. The zero-order valence-corrected chi connectivity index (χ0v) is 10.0. The summed E-state index contributed by atoms with van der Waals surface area (Å²) in [5.41, 5.74) is -4.28. The summed E-state index contributed by atoms with van der Waals surface area (Å²) < 4.78 is 37.2. The van der Waals surface area contributed by atoms with Crippen LogP contribution in [0.1, 0.15) is 16.7 Å². The Kier molecular flexibility index (Phi) is 4.24. The minimum absolute atomic E-state index is 0.0314. The molecule has 0 aliphatic rings. The number of carboxylic acid groups (broad SMARTS) is 1. The van der Waals surface area contributed by atoms with Crippen molar-refractivity contribution in [1.29, 1.82) is 5.26 Å². The zero-order chi connectivity index (χ0) is 13.9. The first-order chi connectivity index (χ1) is 8.24. The van der Waals surface area contributed by atoms with Crippen LogP contribution in [0.15, 0.2) is 17.0 Å². The van der Waals surface area contributed by atoms with Gasteiger partial charge in [-0.05, 0) is 35.9 Å². The molecule has 0 bridgehead atoms. The number of hydrogen-bond donors (Lipinski definition) is 1. The number of aryl methyl sites for hydroxylation is 1. The molecule has 7 heteroatoms. The van der Waals surface area contributed by atoms with E-state index < -0.39 is 29.7 Å². The Hall–Kier alpha value is -1.68. The zero-order valence-electron chi connectivity index (χ0n) is 9.21. The number of carbonyl (C=O) groups is 1. The minimum atomic E-state index is -4.56. The van der Waals surface area contributed by atoms with Crippen molar-refractivity contribution in [2.75, 3.05) is 0 Å². The molecule has 0 aromatic heterocycles. The lowest BCUT2D eigenvalue weighted by molar-refractivity contribution is -0.136. The fourth-order valence-electron chi connectivity index (χ4n) is 1.42. The Balaban J connectivity index is 3.37. The predicted octanol–water partition coefficient (Wildman–Crippen LogP) is 3.11. The van der Waals surface area contributed by atoms with Crippen molar-refractivity contribution in [3.63, 3.8) is 0 Å². The van der Waals surface area contributed by atoms with E-state index in [9.17, 15) is 18.0 Å². The molecule has 0 heterocycles. The van der Waals surface area contributed by atoms with Crippen LogP contribution in [0.2, 0.25) is 0 Å². The lowest BCUT2D eigenvalue weighted by Gasteiger charge is -2.13. The molecule has 0 saturated carbocycles. The highest BCUT2D eigenvalue weighted by Crippen LogP contribution is 2.41. The fourth-order valence-corrected chi connectivity index (χ4v) is 2.23. The lowest BCUT2D eigenvalue weighted by Crippen LogP contribution is -2.08. The second-order valence-corrected chi connectivity index (χ2v) is 4.54. The van der Waals surface area contributed by atoms with Gasteiger partial charge < -0.3 is 5.11 Å². The van der Waals surface area contributed by atoms with Gasteiger partial charge in [0.05, 0.1) is 12.0 Å². The van der Waals surface area contributed by atoms with E-state index in [0.29, 0.717) is 5.56 Å². The predicted molar refractivity (Wildman–Crippen MR) is 59.1 cm³/mol. The van der Waals surface area contributed by atoms with Crippen molar-refractivity contribution >= 4 is 17.7 Å². The number of thioether (sulfide) groups is 1. The molecule has 96 valence electrons. The second kappa shape index (κ2) is 5.31. The molecule has 3 nitrogen and oxygen atoms in total. The van der Waals surface area contributed by atoms with E-state index in [1.54, 1.807) is 6.07 Å². The Morgan fingerprint density at radius 1 is 1.50 bits per heavy atom. The van der Waals surface area contributed by atoms with Crippen molar-refractivity contribution < 1.29 is 23.1 Å². The average molecular weight is 275 g/mol. The van der Waals surface area contributed by atoms with Crippen LogP contribution in [0.5, 0.6) is 0 Å². The number of nitriles is 1. The van der Waals surface area contributed by atoms with E-state index in [-0.39, 0.29) is 16.0 Å². The van der Waals surface area contributed by atoms with Gasteiger partial charge >= 0.3 is 11.5 Å². The van der Waals surface area contributed by atoms with Crippen LogP contribution in [0.3, 0.4) is 0 Å². The van der Waals surface area contributed by atoms with Gasteiger partial charge in [-0.3, -0.25) is 4.79 Å². The van der Waals surface area contributed by atoms with E-state index in [4.69, 9.17) is 10.4 Å². The standard InChI is InChI=1S/C11H8F3NO2S/c1-6-2-3-7(5-15)10(18-11(12,13)14)8(6)4-9(16)17/h2-3H,4H2,1H3,(H,16,17). The van der Waals surface area contributed by atoms with Crippen LogP contribution in [-0.4, -0.2) is 16.6 Å². The smallest absolute Gasteiger partial charge is 0.446 e. The van der Waals surface area contributed by atoms with Gasteiger partial charge in [0, 0.05) is 4.90 Å². The molecule has 0 aliphatic heterocycles. The van der Waals surface area contributed by atoms with E-state index in [1.165, 1.54) is 19.1 Å². The summed E-state index contributed by atoms with van der Waals surface area (Å²) in [6.07, 6.45) is -0.542. The molecule has 0 fully saturated rings. The number of aliphatic carboxylic acids is 1. The van der Waals surface area contributed by atoms with E-state index in [2.05, 4.69) is 0 Å². The maximum atomic E-state index is 12.4. The monoisotopic (exact) mass is 275 g/mol. The van der Waals surface area contributed by atoms with Crippen molar-refractivity contribution in [2.45, 2.75) is 23.7 Å². The van der Waals surface area contributed by atoms with Crippen LogP contribution >= 0.6 is 11.8 Å². The SMILES string of the molecule is Cc1ccc(C#N)c(SC(F)(F)F)c1CC(=O)O. The molecule has 18 heavy (non-hydrogen) atoms. The molecule has 0 aliphatic carbocycles. The van der Waals surface area contributed by atoms with E-state index in [0.717, 1.165) is 0 Å². The van der Waals surface area contributed by atoms with E-state index in [1.807, 2.05) is 0 Å². The molecule has 0 amide bonds. The van der Waals surface area contributed by atoms with Gasteiger partial charge in [-0.2, -0.15) is 18.4 Å². The normalized spacial score (nSPS) is 11.1. The number of alkyl halides is 3. The van der Waals surface area contributed by atoms with Crippen LogP contribution < -0.4 is 0 Å². The third-order valence-electron chi connectivity index (χ3n) is 2.16. The van der Waals surface area contributed by atoms with Gasteiger partial charge in [0.1, 0.15) is 6.07 Å². The summed E-state index contributed by atoms with van der Waals surface area (Å²) in [5.74, 6) is -1.24. The quantitative estimate of drug-likeness (QED) is 0.861. The first-order valence-corrected chi connectivity index (χ1v) is 5.56. The molecular formula is C11H8F3NO2S. The maximum Gasteiger partial charge on any atom is 0.446 e. The topological polar surface area (TPSA) is 61.1 Å². The van der Waals surface area contributed by atoms with E-state index >= 15 is 0 Å². The van der Waals surface area contributed by atoms with Crippen LogP contribution in [0.25, 0.3) is 0 Å². The summed E-state index contributed by atoms with van der Waals surface area (Å²) in [5, 5.41) is 17.5. The molecule has 0 unspecified atom stereocenters. The highest BCUT2D eigenvalue weighted by molar-refractivity contribution is 8.00. The minimum Gasteiger partial charge on any atom is -0.481 e. The summed E-state index contributed by atoms with van der Waals surface area (Å²) in [7, 11) is 0. The molecule has 1 N–H and O–H groups in total. The highest BCUT2D eigenvalue weighted by Gasteiger charge is 2.32. The number of nitrogens with zero attached hydrogens (tertiary/aromatic N) is 1. The number of carboxylic acids is 1. The number of rotatable bonds is 3. The lowest BCUT2D eigenvalue weighted by atomic mass is 10.0. The Bertz CT molecular complexity index is 520. The van der Waals surface area contributed by atoms with Crippen molar-refractivity contribution in [3.05, 3.63) is 28.8 Å². The molecule has 0 spiro atoms. The van der Waals surface area contributed by atoms with Gasteiger partial charge in [0.25, 0.3) is 0 Å². The van der Waals surface area contributed by atoms with Crippen molar-refractivity contribution in [2.24, 2.45) is 0 Å². The summed E-state index contributed by atoms with van der Waals surface area (Å²) in [6, 6.07) is 4.35. The first-order valence-electron chi connectivity index (χ1n) is 4.74. The van der Waals surface area contributed by atoms with Crippen molar-refractivity contribution in [1.82, 2.24) is 0 Å². The van der Waals surface area contributed by atoms with Gasteiger partial charge in [-0.25, -0.2) is 0 Å². The summed E-state index contributed by atoms with van der Waals surface area (Å²) >= 11 is -0.451. The van der Waals surface area contributed by atoms with Crippen LogP contribution in [-0.2, 0) is 11.2 Å². The molecular weight excluding hydrogens is 267 g/mol. The molecule has 1 rings (SSSR count). The second-order valence-electron chi connectivity index (χ2n) is 3.47. The van der Waals surface area contributed by atoms with Gasteiger partial charge in [-0.15, -0.1) is 0 Å². The first kappa shape index (κ1) is 14.4. The molecule has 0 saturated heterocycles. The number of hydrogen-bond acceptors (Lipinski definition) is 3. The Morgan fingerprint density at radius 3 is 2.56 bits per heavy atom. The third-order valence-corrected chi connectivity index (χ3v) is 3.06. The highest BCUT2D eigenvalue weighted by atomic mass is 32.2. The third kappa shape index (κ3) is 3.67. The summed E-state index contributed by atoms with van der Waals surface area (Å²) in [6.45, 7) is 1.51. The Labute approximate surface area is 105 Å². The number of halogens is 3. The largest absolute Gasteiger partial charge is 0.481 e. The number of benzene rings is 1. The van der Waals surface area contributed by atoms with Gasteiger partial charge in [0.15, 0.2) is 0 Å². The molecule has 1 aromatic carbocycles.